The van der Waals surface area contributed by atoms with Crippen molar-refractivity contribution in [1.82, 2.24) is 9.97 Å². The SMILES string of the molecule is c1ccc(NCc2nc(Nc3ccccc3)c3ccccc3n2)cc1. The van der Waals surface area contributed by atoms with Crippen molar-refractivity contribution in [2.45, 2.75) is 6.54 Å². The minimum Gasteiger partial charge on any atom is -0.378 e. The van der Waals surface area contributed by atoms with Crippen LogP contribution < -0.4 is 10.6 Å². The Bertz CT molecular complexity index is 969. The number of benzene rings is 3. The lowest BCUT2D eigenvalue weighted by atomic mass is 10.2. The zero-order chi connectivity index (χ0) is 16.9. The van der Waals surface area contributed by atoms with Crippen LogP contribution in [0.4, 0.5) is 17.2 Å². The molecule has 0 saturated heterocycles. The fourth-order valence-electron chi connectivity index (χ4n) is 2.69. The first kappa shape index (κ1) is 15.1. The molecule has 0 aliphatic heterocycles. The van der Waals surface area contributed by atoms with Crippen LogP contribution in [0.2, 0.25) is 0 Å². The lowest BCUT2D eigenvalue weighted by Crippen LogP contribution is -2.07. The molecule has 1 heterocycles. The molecule has 0 aliphatic carbocycles. The molecule has 2 N–H and O–H groups in total. The third-order valence-electron chi connectivity index (χ3n) is 3.91. The van der Waals surface area contributed by atoms with Crippen LogP contribution in [-0.2, 0) is 6.54 Å². The Kier molecular flexibility index (Phi) is 4.25. The van der Waals surface area contributed by atoms with Crippen LogP contribution in [0.5, 0.6) is 0 Å². The number of nitrogens with zero attached hydrogens (tertiary/aromatic N) is 2. The van der Waals surface area contributed by atoms with E-state index in [1.54, 1.807) is 0 Å². The van der Waals surface area contributed by atoms with Gasteiger partial charge in [-0.15, -0.1) is 0 Å². The molecule has 25 heavy (non-hydrogen) atoms. The van der Waals surface area contributed by atoms with Crippen molar-refractivity contribution in [3.05, 3.63) is 90.8 Å². The zero-order valence-electron chi connectivity index (χ0n) is 13.7. The van der Waals surface area contributed by atoms with Gasteiger partial charge in [-0.25, -0.2) is 9.97 Å². The van der Waals surface area contributed by atoms with Crippen LogP contribution in [0, 0.1) is 0 Å². The predicted molar refractivity (Wildman–Crippen MR) is 103 cm³/mol. The molecule has 4 heteroatoms. The molecule has 0 saturated carbocycles. The number of hydrogen-bond acceptors (Lipinski definition) is 4. The van der Waals surface area contributed by atoms with Crippen molar-refractivity contribution >= 4 is 28.1 Å². The van der Waals surface area contributed by atoms with Crippen LogP contribution in [0.15, 0.2) is 84.9 Å². The Hall–Kier alpha value is -3.40. The van der Waals surface area contributed by atoms with Crippen molar-refractivity contribution in [2.24, 2.45) is 0 Å². The monoisotopic (exact) mass is 326 g/mol. The lowest BCUT2D eigenvalue weighted by molar-refractivity contribution is 0.973. The Balaban J connectivity index is 1.66. The Labute approximate surface area is 146 Å². The van der Waals surface area contributed by atoms with E-state index in [1.165, 1.54) is 0 Å². The number of hydrogen-bond donors (Lipinski definition) is 2. The van der Waals surface area contributed by atoms with Gasteiger partial charge in [0.15, 0.2) is 0 Å². The number of para-hydroxylation sites is 3. The van der Waals surface area contributed by atoms with E-state index in [1.807, 2.05) is 84.9 Å². The minimum atomic E-state index is 0.568. The molecule has 3 aromatic carbocycles. The van der Waals surface area contributed by atoms with Gasteiger partial charge >= 0.3 is 0 Å². The van der Waals surface area contributed by atoms with E-state index in [-0.39, 0.29) is 0 Å². The highest BCUT2D eigenvalue weighted by Gasteiger charge is 2.08. The summed E-state index contributed by atoms with van der Waals surface area (Å²) >= 11 is 0. The van der Waals surface area contributed by atoms with Gasteiger partial charge in [0.25, 0.3) is 0 Å². The van der Waals surface area contributed by atoms with Gasteiger partial charge in [0.1, 0.15) is 11.6 Å². The zero-order valence-corrected chi connectivity index (χ0v) is 13.7. The summed E-state index contributed by atoms with van der Waals surface area (Å²) < 4.78 is 0. The fraction of sp³-hybridized carbons (Fsp3) is 0.0476. The van der Waals surface area contributed by atoms with Crippen LogP contribution >= 0.6 is 0 Å². The van der Waals surface area contributed by atoms with Gasteiger partial charge in [-0.1, -0.05) is 48.5 Å². The first-order valence-electron chi connectivity index (χ1n) is 8.25. The van der Waals surface area contributed by atoms with Crippen LogP contribution in [0.25, 0.3) is 10.9 Å². The summed E-state index contributed by atoms with van der Waals surface area (Å²) in [6.45, 7) is 0.568. The van der Waals surface area contributed by atoms with Gasteiger partial charge in [-0.3, -0.25) is 0 Å². The number of fused-ring (bicyclic) bond motifs is 1. The molecule has 122 valence electrons. The minimum absolute atomic E-state index is 0.568. The van der Waals surface area contributed by atoms with Crippen LogP contribution in [-0.4, -0.2) is 9.97 Å². The molecule has 0 spiro atoms. The summed E-state index contributed by atoms with van der Waals surface area (Å²) in [7, 11) is 0. The standard InChI is InChI=1S/C21H18N4/c1-3-9-16(10-4-1)22-15-20-24-19-14-8-7-13-18(19)21(25-20)23-17-11-5-2-6-12-17/h1-14,22H,15H2,(H,23,24,25). The highest BCUT2D eigenvalue weighted by atomic mass is 15.1. The molecule has 0 radical (unpaired) electrons. The third-order valence-corrected chi connectivity index (χ3v) is 3.91. The largest absolute Gasteiger partial charge is 0.378 e. The molecule has 4 nitrogen and oxygen atoms in total. The molecular formula is C21H18N4. The van der Waals surface area contributed by atoms with E-state index in [0.717, 1.165) is 33.9 Å². The topological polar surface area (TPSA) is 49.8 Å². The number of rotatable bonds is 5. The summed E-state index contributed by atoms with van der Waals surface area (Å²) in [5.74, 6) is 1.57. The number of aromatic nitrogens is 2. The maximum atomic E-state index is 4.73. The van der Waals surface area contributed by atoms with Gasteiger partial charge in [0, 0.05) is 16.8 Å². The van der Waals surface area contributed by atoms with Gasteiger partial charge < -0.3 is 10.6 Å². The molecule has 0 unspecified atom stereocenters. The maximum Gasteiger partial charge on any atom is 0.150 e. The van der Waals surface area contributed by atoms with E-state index in [9.17, 15) is 0 Å². The van der Waals surface area contributed by atoms with Gasteiger partial charge in [-0.2, -0.15) is 0 Å². The summed E-state index contributed by atoms with van der Waals surface area (Å²) in [5, 5.41) is 7.78. The Morgan fingerprint density at radius 2 is 1.28 bits per heavy atom. The van der Waals surface area contributed by atoms with Crippen molar-refractivity contribution < 1.29 is 0 Å². The first-order valence-corrected chi connectivity index (χ1v) is 8.25. The second-order valence-electron chi connectivity index (χ2n) is 5.72. The van der Waals surface area contributed by atoms with Crippen LogP contribution in [0.3, 0.4) is 0 Å². The smallest absolute Gasteiger partial charge is 0.150 e. The molecule has 0 bridgehead atoms. The van der Waals surface area contributed by atoms with Gasteiger partial charge in [0.2, 0.25) is 0 Å². The second-order valence-corrected chi connectivity index (χ2v) is 5.72. The van der Waals surface area contributed by atoms with Crippen molar-refractivity contribution in [2.75, 3.05) is 10.6 Å². The van der Waals surface area contributed by atoms with E-state index < -0.39 is 0 Å². The third kappa shape index (κ3) is 3.58. The average molecular weight is 326 g/mol. The predicted octanol–water partition coefficient (Wildman–Crippen LogP) is 4.99. The average Bonchev–Trinajstić information content (AvgIpc) is 2.68. The van der Waals surface area contributed by atoms with Crippen LogP contribution in [0.1, 0.15) is 5.82 Å². The normalized spacial score (nSPS) is 10.6. The molecule has 4 rings (SSSR count). The molecule has 4 aromatic rings. The summed E-state index contributed by atoms with van der Waals surface area (Å²) in [5.41, 5.74) is 2.99. The fourth-order valence-corrected chi connectivity index (χ4v) is 2.69. The van der Waals surface area contributed by atoms with Gasteiger partial charge in [0.05, 0.1) is 12.1 Å². The van der Waals surface area contributed by atoms with E-state index >= 15 is 0 Å². The molecule has 1 aromatic heterocycles. The van der Waals surface area contributed by atoms with Crippen molar-refractivity contribution in [3.63, 3.8) is 0 Å². The molecular weight excluding hydrogens is 308 g/mol. The highest BCUT2D eigenvalue weighted by Crippen LogP contribution is 2.24. The number of anilines is 3. The van der Waals surface area contributed by atoms with Crippen molar-refractivity contribution in [3.8, 4) is 0 Å². The van der Waals surface area contributed by atoms with E-state index in [4.69, 9.17) is 4.98 Å². The molecule has 0 amide bonds. The molecule has 0 aliphatic rings. The Morgan fingerprint density at radius 3 is 2.04 bits per heavy atom. The molecule has 0 atom stereocenters. The van der Waals surface area contributed by atoms with E-state index in [0.29, 0.717) is 6.54 Å². The Morgan fingerprint density at radius 1 is 0.640 bits per heavy atom. The highest BCUT2D eigenvalue weighted by molar-refractivity contribution is 5.90. The first-order chi connectivity index (χ1) is 12.4. The summed E-state index contributed by atoms with van der Waals surface area (Å²) in [6.07, 6.45) is 0. The second kappa shape index (κ2) is 7.01. The van der Waals surface area contributed by atoms with Gasteiger partial charge in [-0.05, 0) is 36.4 Å². The summed E-state index contributed by atoms with van der Waals surface area (Å²) in [6, 6.07) is 28.2. The maximum absolute atomic E-state index is 4.73. The quantitative estimate of drug-likeness (QED) is 0.543. The van der Waals surface area contributed by atoms with E-state index in [2.05, 4.69) is 15.6 Å². The lowest BCUT2D eigenvalue weighted by Gasteiger charge is -2.12. The van der Waals surface area contributed by atoms with Crippen molar-refractivity contribution in [1.29, 1.82) is 0 Å². The number of nitrogens with one attached hydrogen (secondary N) is 2. The summed E-state index contributed by atoms with van der Waals surface area (Å²) in [4.78, 5) is 9.41. The molecule has 0 fully saturated rings.